The lowest BCUT2D eigenvalue weighted by molar-refractivity contribution is -0.116. The van der Waals surface area contributed by atoms with E-state index in [0.29, 0.717) is 17.2 Å². The summed E-state index contributed by atoms with van der Waals surface area (Å²) in [5.74, 6) is -0.317. The van der Waals surface area contributed by atoms with E-state index in [4.69, 9.17) is 9.47 Å². The monoisotopic (exact) mass is 380 g/mol. The number of carbonyl (C=O) groups is 1. The molecule has 3 rings (SSSR count). The molecular formula is C17H17FN2O5S. The number of anilines is 2. The fourth-order valence-corrected chi connectivity index (χ4v) is 3.81. The highest BCUT2D eigenvalue weighted by Crippen LogP contribution is 2.34. The fourth-order valence-electron chi connectivity index (χ4n) is 2.63. The molecule has 1 N–H and O–H groups in total. The quantitative estimate of drug-likeness (QED) is 0.861. The minimum atomic E-state index is -3.90. The van der Waals surface area contributed by atoms with Crippen molar-refractivity contribution in [3.8, 4) is 11.5 Å². The maximum Gasteiger partial charge on any atom is 0.247 e. The second-order valence-corrected chi connectivity index (χ2v) is 7.60. The van der Waals surface area contributed by atoms with Crippen LogP contribution in [0, 0.1) is 5.82 Å². The maximum absolute atomic E-state index is 14.1. The highest BCUT2D eigenvalue weighted by molar-refractivity contribution is 7.92. The highest BCUT2D eigenvalue weighted by atomic mass is 32.2. The number of halogens is 1. The number of carbonyl (C=O) groups excluding carboxylic acids is 1. The number of amides is 1. The topological polar surface area (TPSA) is 84.9 Å². The van der Waals surface area contributed by atoms with Crippen LogP contribution in [-0.2, 0) is 14.8 Å². The molecule has 0 fully saturated rings. The molecule has 0 radical (unpaired) electrons. The standard InChI is InChI=1S/C17H17FN2O5S/c1-11(20(26(2,22)23)14-6-4-3-5-13(14)18)17(21)19-12-7-8-15-16(9-12)25-10-24-15/h3-9,11H,10H2,1-2H3,(H,19,21). The molecule has 0 saturated carbocycles. The lowest BCUT2D eigenvalue weighted by Gasteiger charge is -2.28. The van der Waals surface area contributed by atoms with E-state index in [9.17, 15) is 17.6 Å². The number of hydrogen-bond acceptors (Lipinski definition) is 5. The SMILES string of the molecule is CC(C(=O)Nc1ccc2c(c1)OCO2)N(c1ccccc1F)S(C)(=O)=O. The van der Waals surface area contributed by atoms with Crippen LogP contribution in [0.4, 0.5) is 15.8 Å². The van der Waals surface area contributed by atoms with Gasteiger partial charge in [-0.15, -0.1) is 0 Å². The summed E-state index contributed by atoms with van der Waals surface area (Å²) in [6.07, 6.45) is 0.920. The first-order valence-corrected chi connectivity index (χ1v) is 9.56. The van der Waals surface area contributed by atoms with Gasteiger partial charge in [0.15, 0.2) is 11.5 Å². The Morgan fingerprint density at radius 3 is 2.58 bits per heavy atom. The molecule has 2 aromatic carbocycles. The largest absolute Gasteiger partial charge is 0.454 e. The van der Waals surface area contributed by atoms with Gasteiger partial charge >= 0.3 is 0 Å². The zero-order chi connectivity index (χ0) is 18.9. The van der Waals surface area contributed by atoms with Crippen LogP contribution in [0.15, 0.2) is 42.5 Å². The Labute approximate surface area is 150 Å². The molecule has 1 atom stereocenters. The average molecular weight is 380 g/mol. The Morgan fingerprint density at radius 2 is 1.88 bits per heavy atom. The molecule has 1 unspecified atom stereocenters. The summed E-state index contributed by atoms with van der Waals surface area (Å²) in [6.45, 7) is 1.48. The predicted octanol–water partition coefficient (Wildman–Crippen LogP) is 2.35. The molecule has 1 aliphatic heterocycles. The van der Waals surface area contributed by atoms with Gasteiger partial charge < -0.3 is 14.8 Å². The maximum atomic E-state index is 14.1. The Hall–Kier alpha value is -2.81. The summed E-state index contributed by atoms with van der Waals surface area (Å²) in [4.78, 5) is 12.6. The van der Waals surface area contributed by atoms with Gasteiger partial charge in [0.05, 0.1) is 11.9 Å². The molecule has 0 spiro atoms. The molecule has 0 aromatic heterocycles. The van der Waals surface area contributed by atoms with Crippen LogP contribution in [0.5, 0.6) is 11.5 Å². The molecule has 26 heavy (non-hydrogen) atoms. The van der Waals surface area contributed by atoms with E-state index >= 15 is 0 Å². The van der Waals surface area contributed by atoms with E-state index in [1.165, 1.54) is 25.1 Å². The summed E-state index contributed by atoms with van der Waals surface area (Å²) >= 11 is 0. The number of para-hydroxylation sites is 1. The second kappa shape index (κ2) is 6.83. The Bertz CT molecular complexity index is 948. The number of hydrogen-bond donors (Lipinski definition) is 1. The molecule has 9 heteroatoms. The van der Waals surface area contributed by atoms with Crippen LogP contribution >= 0.6 is 0 Å². The highest BCUT2D eigenvalue weighted by Gasteiger charge is 2.31. The Morgan fingerprint density at radius 1 is 1.19 bits per heavy atom. The first-order chi connectivity index (χ1) is 12.3. The molecule has 7 nitrogen and oxygen atoms in total. The molecule has 1 aliphatic rings. The number of rotatable bonds is 5. The lowest BCUT2D eigenvalue weighted by atomic mass is 10.2. The van der Waals surface area contributed by atoms with E-state index in [1.54, 1.807) is 18.2 Å². The van der Waals surface area contributed by atoms with Crippen LogP contribution < -0.4 is 19.1 Å². The van der Waals surface area contributed by atoms with Crippen molar-refractivity contribution in [2.75, 3.05) is 22.7 Å². The van der Waals surface area contributed by atoms with Crippen molar-refractivity contribution in [2.45, 2.75) is 13.0 Å². The van der Waals surface area contributed by atoms with Gasteiger partial charge in [-0.3, -0.25) is 9.10 Å². The fraction of sp³-hybridized carbons (Fsp3) is 0.235. The third-order valence-corrected chi connectivity index (χ3v) is 5.05. The summed E-state index contributed by atoms with van der Waals surface area (Å²) in [6, 6.07) is 9.01. The molecular weight excluding hydrogens is 363 g/mol. The average Bonchev–Trinajstić information content (AvgIpc) is 3.03. The number of benzene rings is 2. The van der Waals surface area contributed by atoms with Crippen LogP contribution in [0.1, 0.15) is 6.92 Å². The van der Waals surface area contributed by atoms with Crippen molar-refractivity contribution >= 4 is 27.3 Å². The molecule has 0 aliphatic carbocycles. The Balaban J connectivity index is 1.86. The van der Waals surface area contributed by atoms with Crippen molar-refractivity contribution in [3.05, 3.63) is 48.3 Å². The molecule has 1 heterocycles. The predicted molar refractivity (Wildman–Crippen MR) is 94.4 cm³/mol. The van der Waals surface area contributed by atoms with Crippen molar-refractivity contribution in [2.24, 2.45) is 0 Å². The molecule has 0 saturated heterocycles. The van der Waals surface area contributed by atoms with Crippen LogP contribution in [-0.4, -0.2) is 33.4 Å². The van der Waals surface area contributed by atoms with Gasteiger partial charge in [0.2, 0.25) is 22.7 Å². The second-order valence-electron chi connectivity index (χ2n) is 5.74. The van der Waals surface area contributed by atoms with Gasteiger partial charge in [-0.2, -0.15) is 0 Å². The molecule has 138 valence electrons. The van der Waals surface area contributed by atoms with E-state index in [-0.39, 0.29) is 12.5 Å². The summed E-state index contributed by atoms with van der Waals surface area (Å²) in [5.41, 5.74) is 0.219. The molecule has 2 aromatic rings. The van der Waals surface area contributed by atoms with Crippen LogP contribution in [0.2, 0.25) is 0 Å². The van der Waals surface area contributed by atoms with Crippen molar-refractivity contribution in [3.63, 3.8) is 0 Å². The number of nitrogens with one attached hydrogen (secondary N) is 1. The van der Waals surface area contributed by atoms with Gasteiger partial charge in [-0.05, 0) is 31.2 Å². The van der Waals surface area contributed by atoms with Crippen LogP contribution in [0.25, 0.3) is 0 Å². The van der Waals surface area contributed by atoms with Gasteiger partial charge in [-0.1, -0.05) is 12.1 Å². The molecule has 0 bridgehead atoms. The van der Waals surface area contributed by atoms with Gasteiger partial charge in [0.25, 0.3) is 0 Å². The number of sulfonamides is 1. The minimum absolute atomic E-state index is 0.0955. The zero-order valence-electron chi connectivity index (χ0n) is 14.1. The zero-order valence-corrected chi connectivity index (χ0v) is 14.9. The number of nitrogens with zero attached hydrogens (tertiary/aromatic N) is 1. The first-order valence-electron chi connectivity index (χ1n) is 7.72. The smallest absolute Gasteiger partial charge is 0.247 e. The summed E-state index contributed by atoms with van der Waals surface area (Å²) < 4.78 is 49.6. The number of fused-ring (bicyclic) bond motifs is 1. The first kappa shape index (κ1) is 18.0. The molecule has 1 amide bonds. The normalized spacial score (nSPS) is 14.0. The van der Waals surface area contributed by atoms with Gasteiger partial charge in [-0.25, -0.2) is 12.8 Å². The van der Waals surface area contributed by atoms with E-state index in [0.717, 1.165) is 16.6 Å². The van der Waals surface area contributed by atoms with E-state index in [2.05, 4.69) is 5.32 Å². The van der Waals surface area contributed by atoms with Crippen molar-refractivity contribution in [1.29, 1.82) is 0 Å². The summed E-state index contributed by atoms with van der Waals surface area (Å²) in [5, 5.41) is 2.61. The Kier molecular flexibility index (Phi) is 4.73. The van der Waals surface area contributed by atoms with Crippen molar-refractivity contribution < 1.29 is 27.1 Å². The lowest BCUT2D eigenvalue weighted by Crippen LogP contribution is -2.45. The van der Waals surface area contributed by atoms with E-state index < -0.39 is 27.8 Å². The number of ether oxygens (including phenoxy) is 2. The third-order valence-electron chi connectivity index (χ3n) is 3.82. The summed E-state index contributed by atoms with van der Waals surface area (Å²) in [7, 11) is -3.90. The third kappa shape index (κ3) is 3.57. The minimum Gasteiger partial charge on any atom is -0.454 e. The van der Waals surface area contributed by atoms with Crippen LogP contribution in [0.3, 0.4) is 0 Å². The van der Waals surface area contributed by atoms with Gasteiger partial charge in [0, 0.05) is 11.8 Å². The van der Waals surface area contributed by atoms with Gasteiger partial charge in [0.1, 0.15) is 11.9 Å². The van der Waals surface area contributed by atoms with Crippen molar-refractivity contribution in [1.82, 2.24) is 0 Å². The van der Waals surface area contributed by atoms with E-state index in [1.807, 2.05) is 0 Å².